The van der Waals surface area contributed by atoms with Gasteiger partial charge in [0.2, 0.25) is 11.8 Å². The van der Waals surface area contributed by atoms with Crippen LogP contribution in [0.1, 0.15) is 38.5 Å². The summed E-state index contributed by atoms with van der Waals surface area (Å²) >= 11 is 9.88. The number of hydrazone groups is 1. The zero-order valence-electron chi connectivity index (χ0n) is 20.9. The molecule has 2 bridgehead atoms. The highest BCUT2D eigenvalue weighted by Crippen LogP contribution is 2.63. The highest BCUT2D eigenvalue weighted by atomic mass is 79.9. The number of carbonyl (C=O) groups excluding carboxylic acids is 3. The number of anilines is 1. The molecule has 196 valence electrons. The van der Waals surface area contributed by atoms with Gasteiger partial charge in [0, 0.05) is 22.2 Å². The van der Waals surface area contributed by atoms with E-state index < -0.39 is 17.3 Å². The number of nitrogens with zero attached hydrogens (tertiary/aromatic N) is 2. The number of rotatable bonds is 4. The summed E-state index contributed by atoms with van der Waals surface area (Å²) in [6, 6.07) is 29.6. The summed E-state index contributed by atoms with van der Waals surface area (Å²) in [6.07, 6.45) is 1.65. The molecule has 6 nitrogen and oxygen atoms in total. The maximum Gasteiger partial charge on any atom is 0.271 e. The van der Waals surface area contributed by atoms with Crippen molar-refractivity contribution in [3.63, 3.8) is 0 Å². The zero-order chi connectivity index (χ0) is 27.6. The first-order valence-electron chi connectivity index (χ1n) is 12.8. The van der Waals surface area contributed by atoms with Crippen LogP contribution in [-0.2, 0) is 15.0 Å². The Kier molecular flexibility index (Phi) is 5.77. The molecule has 2 atom stereocenters. The van der Waals surface area contributed by atoms with Gasteiger partial charge in [-0.15, -0.1) is 0 Å². The molecule has 1 N–H and O–H groups in total. The maximum atomic E-state index is 14.4. The van der Waals surface area contributed by atoms with Crippen molar-refractivity contribution in [2.24, 2.45) is 16.9 Å². The van der Waals surface area contributed by atoms with Gasteiger partial charge < -0.3 is 0 Å². The fraction of sp³-hybridized carbons (Fsp3) is 0.125. The summed E-state index contributed by atoms with van der Waals surface area (Å²) in [4.78, 5) is 42.7. The summed E-state index contributed by atoms with van der Waals surface area (Å²) in [5.74, 6) is -2.71. The first-order chi connectivity index (χ1) is 19.4. The minimum absolute atomic E-state index is 0.284. The van der Waals surface area contributed by atoms with Gasteiger partial charge in [-0.3, -0.25) is 14.4 Å². The molecule has 0 saturated carbocycles. The van der Waals surface area contributed by atoms with Crippen molar-refractivity contribution in [1.29, 1.82) is 0 Å². The predicted octanol–water partition coefficient (Wildman–Crippen LogP) is 6.07. The summed E-state index contributed by atoms with van der Waals surface area (Å²) < 4.78 is 0.858. The third-order valence-electron chi connectivity index (χ3n) is 8.32. The molecule has 8 heteroatoms. The van der Waals surface area contributed by atoms with Crippen molar-refractivity contribution in [2.75, 3.05) is 4.90 Å². The molecule has 40 heavy (non-hydrogen) atoms. The second-order valence-corrected chi connectivity index (χ2v) is 11.5. The van der Waals surface area contributed by atoms with Crippen molar-refractivity contribution < 1.29 is 14.4 Å². The molecule has 3 aliphatic carbocycles. The van der Waals surface area contributed by atoms with E-state index in [9.17, 15) is 14.4 Å². The number of hydrogen-bond donors (Lipinski definition) is 1. The van der Waals surface area contributed by atoms with Crippen LogP contribution in [0.2, 0.25) is 5.02 Å². The number of imide groups is 1. The molecule has 4 aliphatic rings. The van der Waals surface area contributed by atoms with Crippen LogP contribution in [-0.4, -0.2) is 23.9 Å². The van der Waals surface area contributed by atoms with Crippen LogP contribution >= 0.6 is 27.5 Å². The quantitative estimate of drug-likeness (QED) is 0.173. The molecule has 8 rings (SSSR count). The van der Waals surface area contributed by atoms with Gasteiger partial charge in [0.05, 0.1) is 28.0 Å². The highest BCUT2D eigenvalue weighted by molar-refractivity contribution is 9.10. The first kappa shape index (κ1) is 24.9. The van der Waals surface area contributed by atoms with Crippen molar-refractivity contribution in [2.45, 2.75) is 11.3 Å². The van der Waals surface area contributed by atoms with Gasteiger partial charge in [-0.2, -0.15) is 5.10 Å². The third kappa shape index (κ3) is 3.41. The van der Waals surface area contributed by atoms with Crippen LogP contribution in [0, 0.1) is 11.8 Å². The molecular formula is C32H21BrClN3O3. The molecule has 0 aromatic heterocycles. The van der Waals surface area contributed by atoms with E-state index in [-0.39, 0.29) is 23.6 Å². The van der Waals surface area contributed by atoms with Crippen LogP contribution in [0.4, 0.5) is 5.69 Å². The summed E-state index contributed by atoms with van der Waals surface area (Å²) in [7, 11) is 0. The maximum absolute atomic E-state index is 14.4. The number of halogens is 2. The van der Waals surface area contributed by atoms with Gasteiger partial charge in [0.25, 0.3) is 5.91 Å². The van der Waals surface area contributed by atoms with Crippen molar-refractivity contribution in [3.8, 4) is 0 Å². The van der Waals surface area contributed by atoms with Crippen molar-refractivity contribution in [3.05, 3.63) is 134 Å². The average molecular weight is 611 g/mol. The van der Waals surface area contributed by atoms with E-state index in [0.717, 1.165) is 26.7 Å². The molecule has 1 aliphatic heterocycles. The van der Waals surface area contributed by atoms with E-state index in [2.05, 4.69) is 26.5 Å². The van der Waals surface area contributed by atoms with Gasteiger partial charge in [0.15, 0.2) is 0 Å². The fourth-order valence-corrected chi connectivity index (χ4v) is 7.26. The van der Waals surface area contributed by atoms with E-state index in [1.165, 1.54) is 4.90 Å². The largest absolute Gasteiger partial charge is 0.274 e. The zero-order valence-corrected chi connectivity index (χ0v) is 23.3. The smallest absolute Gasteiger partial charge is 0.271 e. The molecule has 4 aromatic rings. The highest BCUT2D eigenvalue weighted by Gasteiger charge is 2.68. The number of para-hydroxylation sites is 1. The summed E-state index contributed by atoms with van der Waals surface area (Å²) in [6.45, 7) is 0. The lowest BCUT2D eigenvalue weighted by atomic mass is 9.47. The minimum Gasteiger partial charge on any atom is -0.274 e. The second-order valence-electron chi connectivity index (χ2n) is 10.2. The number of nitrogens with one attached hydrogen (secondary N) is 1. The standard InChI is InChI=1S/C32H21BrClN3O3/c33-19-15-13-18(14-16-19)29(38)36-35-17-32-22-9-3-1-7-20(22)26(21-8-2-4-10-23(21)32)27-28(32)31(40)37(30(27)39)25-12-6-5-11-24(25)34/h1-17,26-28H,(H,36,38)/b35-17+/t26?,27-,28-,32?/m1/s1. The Morgan fingerprint density at radius 3 is 2.10 bits per heavy atom. The Morgan fingerprint density at radius 1 is 0.850 bits per heavy atom. The third-order valence-corrected chi connectivity index (χ3v) is 9.17. The monoisotopic (exact) mass is 609 g/mol. The van der Waals surface area contributed by atoms with Crippen LogP contribution in [0.5, 0.6) is 0 Å². The van der Waals surface area contributed by atoms with E-state index in [4.69, 9.17) is 11.6 Å². The minimum atomic E-state index is -1.08. The van der Waals surface area contributed by atoms with Crippen molar-refractivity contribution >= 4 is 57.2 Å². The van der Waals surface area contributed by atoms with E-state index in [1.807, 2.05) is 48.5 Å². The number of hydrogen-bond acceptors (Lipinski definition) is 4. The van der Waals surface area contributed by atoms with Crippen LogP contribution < -0.4 is 10.3 Å². The Hall–Kier alpha value is -4.07. The molecule has 0 unspecified atom stereocenters. The molecule has 0 spiro atoms. The van der Waals surface area contributed by atoms with Crippen LogP contribution in [0.3, 0.4) is 0 Å². The predicted molar refractivity (Wildman–Crippen MR) is 157 cm³/mol. The molecule has 4 aromatic carbocycles. The topological polar surface area (TPSA) is 78.8 Å². The lowest BCUT2D eigenvalue weighted by molar-refractivity contribution is -0.122. The van der Waals surface area contributed by atoms with Gasteiger partial charge in [-0.1, -0.05) is 88.2 Å². The Morgan fingerprint density at radius 2 is 1.45 bits per heavy atom. The lowest BCUT2D eigenvalue weighted by Crippen LogP contribution is -2.54. The molecule has 1 saturated heterocycles. The van der Waals surface area contributed by atoms with Crippen LogP contribution in [0.15, 0.2) is 107 Å². The normalized spacial score (nSPS) is 24.1. The SMILES string of the molecule is O=C(N/N=C/C12c3ccccc3C(c3ccccc31)[C@H]1C(=O)N(c3ccccc3Cl)C(=O)[C@@H]12)c1ccc(Br)cc1. The molecule has 1 heterocycles. The van der Waals surface area contributed by atoms with Gasteiger partial charge in [-0.05, 0) is 58.7 Å². The molecule has 1 fully saturated rings. The molecule has 3 amide bonds. The van der Waals surface area contributed by atoms with Gasteiger partial charge in [0.1, 0.15) is 0 Å². The molecular weight excluding hydrogens is 590 g/mol. The molecule has 0 radical (unpaired) electrons. The van der Waals surface area contributed by atoms with Gasteiger partial charge >= 0.3 is 0 Å². The lowest BCUT2D eigenvalue weighted by Gasteiger charge is -2.52. The van der Waals surface area contributed by atoms with Gasteiger partial charge in [-0.25, -0.2) is 10.3 Å². The number of amides is 3. The average Bonchev–Trinajstić information content (AvgIpc) is 3.24. The summed E-state index contributed by atoms with van der Waals surface area (Å²) in [5.41, 5.74) is 6.16. The number of benzene rings is 4. The second kappa shape index (κ2) is 9.25. The van der Waals surface area contributed by atoms with Crippen molar-refractivity contribution in [1.82, 2.24) is 5.43 Å². The Balaban J connectivity index is 1.41. The van der Waals surface area contributed by atoms with Crippen LogP contribution in [0.25, 0.3) is 0 Å². The van der Waals surface area contributed by atoms with E-state index >= 15 is 0 Å². The number of carbonyl (C=O) groups is 3. The van der Waals surface area contributed by atoms with E-state index in [0.29, 0.717) is 16.3 Å². The Bertz CT molecular complexity index is 1710. The Labute approximate surface area is 243 Å². The fourth-order valence-electron chi connectivity index (χ4n) is 6.78. The summed E-state index contributed by atoms with van der Waals surface area (Å²) in [5, 5.41) is 4.78. The van der Waals surface area contributed by atoms with E-state index in [1.54, 1.807) is 54.7 Å². The first-order valence-corrected chi connectivity index (χ1v) is 14.0.